The summed E-state index contributed by atoms with van der Waals surface area (Å²) in [4.78, 5) is 11.2. The zero-order chi connectivity index (χ0) is 17.9. The van der Waals surface area contributed by atoms with E-state index in [4.69, 9.17) is 16.7 Å². The number of sulfonamides is 1. The number of hydrogen-bond donors (Lipinski definition) is 2. The molecule has 0 heterocycles. The van der Waals surface area contributed by atoms with Crippen LogP contribution in [0.4, 0.5) is 0 Å². The molecule has 128 valence electrons. The predicted molar refractivity (Wildman–Crippen MR) is 93.5 cm³/mol. The van der Waals surface area contributed by atoms with Gasteiger partial charge in [0.05, 0.1) is 4.90 Å². The second kappa shape index (κ2) is 7.34. The molecule has 2 N–H and O–H groups in total. The van der Waals surface area contributed by atoms with E-state index in [1.807, 2.05) is 12.1 Å². The Balaban J connectivity index is 2.26. The number of aliphatic carboxylic acids is 1. The molecule has 2 rings (SSSR count). The molecule has 0 radical (unpaired) electrons. The van der Waals surface area contributed by atoms with Crippen LogP contribution >= 0.6 is 11.6 Å². The lowest BCUT2D eigenvalue weighted by Gasteiger charge is -2.18. The van der Waals surface area contributed by atoms with E-state index in [1.54, 1.807) is 38.1 Å². The molecule has 5 nitrogen and oxygen atoms in total. The molecular weight excluding hydrogens is 350 g/mol. The van der Waals surface area contributed by atoms with Gasteiger partial charge in [0.15, 0.2) is 0 Å². The Hall–Kier alpha value is -1.89. The molecule has 0 aromatic heterocycles. The normalized spacial score (nSPS) is 13.0. The van der Waals surface area contributed by atoms with E-state index < -0.39 is 22.0 Å². The molecule has 0 spiro atoms. The molecule has 7 heteroatoms. The lowest BCUT2D eigenvalue weighted by atomic mass is 10.1. The van der Waals surface area contributed by atoms with E-state index in [-0.39, 0.29) is 10.8 Å². The minimum atomic E-state index is -3.91. The van der Waals surface area contributed by atoms with Gasteiger partial charge in [-0.25, -0.2) is 8.42 Å². The molecule has 2 aromatic carbocycles. The number of nitrogens with one attached hydrogen (secondary N) is 1. The van der Waals surface area contributed by atoms with E-state index in [0.29, 0.717) is 5.02 Å². The molecule has 24 heavy (non-hydrogen) atoms. The first-order valence-electron chi connectivity index (χ1n) is 7.32. The third-order valence-electron chi connectivity index (χ3n) is 3.56. The van der Waals surface area contributed by atoms with Gasteiger partial charge in [-0.3, -0.25) is 4.79 Å². The molecule has 0 aliphatic heterocycles. The number of carboxylic acid groups (broad SMARTS) is 1. The fraction of sp³-hybridized carbons (Fsp3) is 0.235. The number of carbonyl (C=O) groups is 1. The highest BCUT2D eigenvalue weighted by atomic mass is 35.5. The summed E-state index contributed by atoms with van der Waals surface area (Å²) in [6.07, 6.45) is 0. The number of halogens is 1. The fourth-order valence-electron chi connectivity index (χ4n) is 2.18. The Kier molecular flexibility index (Phi) is 5.64. The van der Waals surface area contributed by atoms with Crippen molar-refractivity contribution in [2.45, 2.75) is 24.8 Å². The van der Waals surface area contributed by atoms with Crippen LogP contribution in [0.2, 0.25) is 5.02 Å². The second-order valence-electron chi connectivity index (χ2n) is 5.71. The smallest absolute Gasteiger partial charge is 0.322 e. The van der Waals surface area contributed by atoms with Crippen molar-refractivity contribution in [2.75, 3.05) is 0 Å². The van der Waals surface area contributed by atoms with Crippen LogP contribution in [-0.4, -0.2) is 25.5 Å². The summed E-state index contributed by atoms with van der Waals surface area (Å²) in [6, 6.07) is 12.2. The van der Waals surface area contributed by atoms with E-state index >= 15 is 0 Å². The largest absolute Gasteiger partial charge is 0.480 e. The van der Waals surface area contributed by atoms with Crippen LogP contribution in [0.3, 0.4) is 0 Å². The van der Waals surface area contributed by atoms with Crippen molar-refractivity contribution in [3.8, 4) is 11.1 Å². The quantitative estimate of drug-likeness (QED) is 0.819. The molecule has 0 fully saturated rings. The molecular formula is C17H18ClNO4S. The molecule has 0 saturated heterocycles. The van der Waals surface area contributed by atoms with Crippen molar-refractivity contribution in [3.05, 3.63) is 53.6 Å². The summed E-state index contributed by atoms with van der Waals surface area (Å²) >= 11 is 5.85. The first-order valence-corrected chi connectivity index (χ1v) is 9.18. The van der Waals surface area contributed by atoms with Crippen LogP contribution in [-0.2, 0) is 14.8 Å². The maximum absolute atomic E-state index is 12.4. The fourth-order valence-corrected chi connectivity index (χ4v) is 3.64. The third-order valence-corrected chi connectivity index (χ3v) is 5.27. The molecule has 1 unspecified atom stereocenters. The van der Waals surface area contributed by atoms with Gasteiger partial charge >= 0.3 is 5.97 Å². The van der Waals surface area contributed by atoms with Crippen molar-refractivity contribution in [3.63, 3.8) is 0 Å². The summed E-state index contributed by atoms with van der Waals surface area (Å²) < 4.78 is 26.9. The molecule has 0 aliphatic rings. The average molecular weight is 368 g/mol. The van der Waals surface area contributed by atoms with E-state index in [1.165, 1.54) is 12.1 Å². The van der Waals surface area contributed by atoms with Gasteiger partial charge in [0.2, 0.25) is 10.0 Å². The number of benzene rings is 2. The maximum Gasteiger partial charge on any atom is 0.322 e. The van der Waals surface area contributed by atoms with Crippen molar-refractivity contribution < 1.29 is 18.3 Å². The number of hydrogen-bond acceptors (Lipinski definition) is 3. The minimum absolute atomic E-state index is 0.0205. The zero-order valence-electron chi connectivity index (χ0n) is 13.2. The summed E-state index contributed by atoms with van der Waals surface area (Å²) in [5, 5.41) is 9.75. The Morgan fingerprint density at radius 3 is 1.88 bits per heavy atom. The number of rotatable bonds is 6. The molecule has 0 amide bonds. The zero-order valence-corrected chi connectivity index (χ0v) is 14.8. The van der Waals surface area contributed by atoms with Crippen molar-refractivity contribution in [1.82, 2.24) is 4.72 Å². The van der Waals surface area contributed by atoms with Crippen molar-refractivity contribution in [1.29, 1.82) is 0 Å². The van der Waals surface area contributed by atoms with Gasteiger partial charge in [0.25, 0.3) is 0 Å². The molecule has 0 saturated carbocycles. The lowest BCUT2D eigenvalue weighted by molar-refractivity contribution is -0.140. The Labute approximate surface area is 146 Å². The first-order chi connectivity index (χ1) is 11.2. The van der Waals surface area contributed by atoms with E-state index in [2.05, 4.69) is 4.72 Å². The van der Waals surface area contributed by atoms with Gasteiger partial charge in [0.1, 0.15) is 6.04 Å². The van der Waals surface area contributed by atoms with E-state index in [9.17, 15) is 13.2 Å². The van der Waals surface area contributed by atoms with Gasteiger partial charge in [-0.2, -0.15) is 4.72 Å². The molecule has 2 aromatic rings. The lowest BCUT2D eigenvalue weighted by Crippen LogP contribution is -2.44. The Morgan fingerprint density at radius 1 is 1.00 bits per heavy atom. The van der Waals surface area contributed by atoms with Crippen LogP contribution in [0.15, 0.2) is 53.4 Å². The maximum atomic E-state index is 12.4. The summed E-state index contributed by atoms with van der Waals surface area (Å²) in [5.74, 6) is -1.57. The van der Waals surface area contributed by atoms with Crippen LogP contribution in [0.5, 0.6) is 0 Å². The Bertz CT molecular complexity index is 815. The highest BCUT2D eigenvalue weighted by molar-refractivity contribution is 7.89. The van der Waals surface area contributed by atoms with Crippen LogP contribution in [0.1, 0.15) is 13.8 Å². The highest BCUT2D eigenvalue weighted by Crippen LogP contribution is 2.23. The van der Waals surface area contributed by atoms with Gasteiger partial charge in [-0.1, -0.05) is 49.7 Å². The van der Waals surface area contributed by atoms with Crippen LogP contribution < -0.4 is 4.72 Å². The van der Waals surface area contributed by atoms with Gasteiger partial charge in [-0.05, 0) is 41.3 Å². The standard InChI is InChI=1S/C17H18ClNO4S/c1-11(2)16(17(20)21)19-24(22,23)15-9-5-13(6-10-15)12-3-7-14(18)8-4-12/h3-11,16,19H,1-2H3,(H,20,21). The van der Waals surface area contributed by atoms with Crippen LogP contribution in [0, 0.1) is 5.92 Å². The van der Waals surface area contributed by atoms with Gasteiger partial charge in [-0.15, -0.1) is 0 Å². The van der Waals surface area contributed by atoms with Crippen molar-refractivity contribution in [2.24, 2.45) is 5.92 Å². The first kappa shape index (κ1) is 18.4. The molecule has 0 bridgehead atoms. The van der Waals surface area contributed by atoms with E-state index in [0.717, 1.165) is 11.1 Å². The predicted octanol–water partition coefficient (Wildman–Crippen LogP) is 3.39. The topological polar surface area (TPSA) is 83.5 Å². The second-order valence-corrected chi connectivity index (χ2v) is 7.86. The SMILES string of the molecule is CC(C)C(NS(=O)(=O)c1ccc(-c2ccc(Cl)cc2)cc1)C(=O)O. The third kappa shape index (κ3) is 4.35. The molecule has 1 atom stereocenters. The average Bonchev–Trinajstić information content (AvgIpc) is 2.53. The minimum Gasteiger partial charge on any atom is -0.480 e. The summed E-state index contributed by atoms with van der Waals surface area (Å²) in [5.41, 5.74) is 1.74. The monoisotopic (exact) mass is 367 g/mol. The Morgan fingerprint density at radius 2 is 1.46 bits per heavy atom. The summed E-state index contributed by atoms with van der Waals surface area (Å²) in [7, 11) is -3.91. The summed E-state index contributed by atoms with van der Waals surface area (Å²) in [6.45, 7) is 3.29. The van der Waals surface area contributed by atoms with Gasteiger partial charge < -0.3 is 5.11 Å². The molecule has 0 aliphatic carbocycles. The van der Waals surface area contributed by atoms with Crippen molar-refractivity contribution >= 4 is 27.6 Å². The van der Waals surface area contributed by atoms with Crippen LogP contribution in [0.25, 0.3) is 11.1 Å². The highest BCUT2D eigenvalue weighted by Gasteiger charge is 2.27. The van der Waals surface area contributed by atoms with Gasteiger partial charge in [0, 0.05) is 5.02 Å². The number of carboxylic acids is 1.